The summed E-state index contributed by atoms with van der Waals surface area (Å²) in [6.07, 6.45) is 2.36. The summed E-state index contributed by atoms with van der Waals surface area (Å²) in [7, 11) is 0. The first-order chi connectivity index (χ1) is 32.3. The average Bonchev–Trinajstić information content (AvgIpc) is 3.89. The van der Waals surface area contributed by atoms with E-state index in [9.17, 15) is 0 Å². The molecule has 304 valence electrons. The van der Waals surface area contributed by atoms with Gasteiger partial charge in [0.15, 0.2) is 0 Å². The van der Waals surface area contributed by atoms with E-state index in [0.29, 0.717) is 0 Å². The van der Waals surface area contributed by atoms with Gasteiger partial charge in [0.25, 0.3) is 0 Å². The van der Waals surface area contributed by atoms with Gasteiger partial charge in [-0.3, -0.25) is 0 Å². The lowest BCUT2D eigenvalue weighted by atomic mass is 9.67. The Morgan fingerprint density at radius 3 is 1.60 bits per heavy atom. The molecule has 1 aliphatic carbocycles. The van der Waals surface area contributed by atoms with Crippen LogP contribution in [-0.4, -0.2) is 4.40 Å². The van der Waals surface area contributed by atoms with E-state index in [1.807, 2.05) is 0 Å². The Balaban J connectivity index is 1.02. The maximum absolute atomic E-state index is 2.45. The molecule has 2 heteroatoms. The lowest BCUT2D eigenvalue weighted by Gasteiger charge is -2.35. The Bertz CT molecular complexity index is 3720. The molecule has 0 atom stereocenters. The molecule has 0 saturated heterocycles. The third-order valence-corrected chi connectivity index (χ3v) is 13.8. The molecule has 0 radical (unpaired) electrons. The number of hydrogen-bond donors (Lipinski definition) is 0. The van der Waals surface area contributed by atoms with Crippen molar-refractivity contribution in [2.45, 2.75) is 5.41 Å². The lowest BCUT2D eigenvalue weighted by Crippen LogP contribution is -2.28. The number of fused-ring (bicyclic) bond motifs is 11. The number of anilines is 3. The Labute approximate surface area is 378 Å². The molecule has 2 aromatic heterocycles. The molecular weight excluding hydrogens is 785 g/mol. The fourth-order valence-electron chi connectivity index (χ4n) is 11.1. The number of hydrogen-bond acceptors (Lipinski definition) is 1. The molecule has 0 bridgehead atoms. The van der Waals surface area contributed by atoms with Crippen molar-refractivity contribution in [3.8, 4) is 33.4 Å². The highest BCUT2D eigenvalue weighted by atomic mass is 15.1. The van der Waals surface area contributed by atoms with Crippen molar-refractivity contribution in [3.63, 3.8) is 0 Å². The van der Waals surface area contributed by atoms with Crippen LogP contribution in [0.25, 0.3) is 71.3 Å². The second-order valence-electron chi connectivity index (χ2n) is 17.2. The van der Waals surface area contributed by atoms with Crippen molar-refractivity contribution in [1.29, 1.82) is 0 Å². The normalized spacial score (nSPS) is 12.7. The molecule has 0 spiro atoms. The minimum atomic E-state index is -0.502. The molecule has 65 heavy (non-hydrogen) atoms. The van der Waals surface area contributed by atoms with E-state index in [1.54, 1.807) is 0 Å². The van der Waals surface area contributed by atoms with Gasteiger partial charge in [0, 0.05) is 39.6 Å². The van der Waals surface area contributed by atoms with Gasteiger partial charge in [-0.15, -0.1) is 0 Å². The second-order valence-corrected chi connectivity index (χ2v) is 17.2. The summed E-state index contributed by atoms with van der Waals surface area (Å²) >= 11 is 0. The van der Waals surface area contributed by atoms with Gasteiger partial charge >= 0.3 is 0 Å². The number of rotatable bonds is 7. The lowest BCUT2D eigenvalue weighted by molar-refractivity contribution is 0.768. The number of pyridine rings is 1. The molecule has 2 heterocycles. The molecule has 1 aliphatic rings. The second kappa shape index (κ2) is 14.8. The molecule has 12 aromatic rings. The predicted octanol–water partition coefficient (Wildman–Crippen LogP) is 16.6. The molecule has 0 N–H and O–H groups in total. The average molecular weight is 827 g/mol. The van der Waals surface area contributed by atoms with Crippen LogP contribution in [0.4, 0.5) is 17.1 Å². The van der Waals surface area contributed by atoms with Gasteiger partial charge in [0.2, 0.25) is 0 Å². The monoisotopic (exact) mass is 826 g/mol. The fourth-order valence-corrected chi connectivity index (χ4v) is 11.1. The Hall–Kier alpha value is -8.46. The third kappa shape index (κ3) is 5.60. The zero-order valence-corrected chi connectivity index (χ0v) is 35.6. The largest absolute Gasteiger partial charge is 0.315 e. The van der Waals surface area contributed by atoms with E-state index in [0.717, 1.165) is 28.2 Å². The van der Waals surface area contributed by atoms with E-state index >= 15 is 0 Å². The van der Waals surface area contributed by atoms with Crippen LogP contribution in [0.2, 0.25) is 0 Å². The zero-order chi connectivity index (χ0) is 42.9. The molecule has 0 saturated carbocycles. The van der Waals surface area contributed by atoms with Gasteiger partial charge in [0.05, 0.1) is 16.4 Å². The first-order valence-electron chi connectivity index (χ1n) is 22.5. The predicted molar refractivity (Wildman–Crippen MR) is 273 cm³/mol. The van der Waals surface area contributed by atoms with E-state index in [1.165, 1.54) is 82.5 Å². The first kappa shape index (κ1) is 37.1. The van der Waals surface area contributed by atoms with Crippen LogP contribution in [0, 0.1) is 0 Å². The smallest absolute Gasteiger partial charge is 0.0714 e. The van der Waals surface area contributed by atoms with Crippen molar-refractivity contribution in [3.05, 3.63) is 277 Å². The van der Waals surface area contributed by atoms with Gasteiger partial charge in [-0.1, -0.05) is 206 Å². The SMILES string of the molecule is c1ccc(-c2c3c4ccccc4c4ccccc4c3n3cc(-c4cccc(N(c5ccccc5)c5ccc6c(c5)C(c5ccccc5)(c5ccccc5)c5ccccc5-6)c4)ccc23)cc1. The Kier molecular flexibility index (Phi) is 8.47. The molecule has 0 aliphatic heterocycles. The molecule has 2 nitrogen and oxygen atoms in total. The van der Waals surface area contributed by atoms with Crippen molar-refractivity contribution in [2.75, 3.05) is 4.90 Å². The molecular formula is C63H42N2. The molecule has 13 rings (SSSR count). The van der Waals surface area contributed by atoms with Gasteiger partial charge < -0.3 is 9.30 Å². The molecule has 0 fully saturated rings. The van der Waals surface area contributed by atoms with Gasteiger partial charge in [-0.05, 0) is 109 Å². The summed E-state index contributed by atoms with van der Waals surface area (Å²) in [5.74, 6) is 0. The summed E-state index contributed by atoms with van der Waals surface area (Å²) in [4.78, 5) is 2.42. The highest BCUT2D eigenvalue weighted by Crippen LogP contribution is 2.57. The molecule has 10 aromatic carbocycles. The van der Waals surface area contributed by atoms with Gasteiger partial charge in [-0.2, -0.15) is 0 Å². The third-order valence-electron chi connectivity index (χ3n) is 13.8. The van der Waals surface area contributed by atoms with Crippen molar-refractivity contribution in [1.82, 2.24) is 4.40 Å². The van der Waals surface area contributed by atoms with E-state index in [2.05, 4.69) is 264 Å². The molecule has 0 unspecified atom stereocenters. The number of nitrogens with zero attached hydrogens (tertiary/aromatic N) is 2. The van der Waals surface area contributed by atoms with E-state index in [4.69, 9.17) is 0 Å². The fraction of sp³-hybridized carbons (Fsp3) is 0.0159. The quantitative estimate of drug-likeness (QED) is 0.145. The van der Waals surface area contributed by atoms with E-state index in [-0.39, 0.29) is 0 Å². The van der Waals surface area contributed by atoms with Crippen LogP contribution in [0.5, 0.6) is 0 Å². The van der Waals surface area contributed by atoms with Crippen LogP contribution < -0.4 is 4.90 Å². The van der Waals surface area contributed by atoms with Crippen molar-refractivity contribution >= 4 is 55.0 Å². The summed E-state index contributed by atoms with van der Waals surface area (Å²) in [5.41, 5.74) is 17.6. The maximum Gasteiger partial charge on any atom is 0.0714 e. The highest BCUT2D eigenvalue weighted by Gasteiger charge is 2.46. The van der Waals surface area contributed by atoms with Crippen molar-refractivity contribution in [2.24, 2.45) is 0 Å². The van der Waals surface area contributed by atoms with Gasteiger partial charge in [-0.25, -0.2) is 0 Å². The summed E-state index contributed by atoms with van der Waals surface area (Å²) in [6.45, 7) is 0. The van der Waals surface area contributed by atoms with Crippen molar-refractivity contribution < 1.29 is 0 Å². The van der Waals surface area contributed by atoms with Crippen LogP contribution in [0.3, 0.4) is 0 Å². The number of benzene rings is 10. The minimum absolute atomic E-state index is 0.502. The Morgan fingerprint density at radius 1 is 0.338 bits per heavy atom. The van der Waals surface area contributed by atoms with E-state index < -0.39 is 5.41 Å². The van der Waals surface area contributed by atoms with Gasteiger partial charge in [0.1, 0.15) is 0 Å². The number of para-hydroxylation sites is 1. The summed E-state index contributed by atoms with van der Waals surface area (Å²) < 4.78 is 2.45. The Morgan fingerprint density at radius 2 is 0.877 bits per heavy atom. The van der Waals surface area contributed by atoms with Crippen LogP contribution in [0.15, 0.2) is 255 Å². The standard InChI is InChI=1S/C63H42N2/c1-5-20-43(21-6-1)60-59-39-36-45(42-64(59)62-56-34-16-14-31-52(56)51-30-13-15-33-55(51)61(60)62)44-22-19-29-49(40-44)65(48-27-11-4-12-28-48)50-37-38-54-53-32-17-18-35-57(53)63(58(54)41-50,46-23-7-2-8-24-46)47-25-9-3-10-26-47/h1-42H. The highest BCUT2D eigenvalue weighted by molar-refractivity contribution is 6.30. The van der Waals surface area contributed by atoms with Crippen LogP contribution >= 0.6 is 0 Å². The molecule has 0 amide bonds. The van der Waals surface area contributed by atoms with Crippen LogP contribution in [0.1, 0.15) is 22.3 Å². The number of aromatic nitrogens is 1. The maximum atomic E-state index is 2.45. The zero-order valence-electron chi connectivity index (χ0n) is 35.6. The topological polar surface area (TPSA) is 7.65 Å². The van der Waals surface area contributed by atoms with Crippen LogP contribution in [-0.2, 0) is 5.41 Å². The summed E-state index contributed by atoms with van der Waals surface area (Å²) in [5, 5.41) is 6.35. The summed E-state index contributed by atoms with van der Waals surface area (Å²) in [6, 6.07) is 91.4. The minimum Gasteiger partial charge on any atom is -0.315 e. The first-order valence-corrected chi connectivity index (χ1v) is 22.5.